The summed E-state index contributed by atoms with van der Waals surface area (Å²) >= 11 is 0. The molecule has 1 aliphatic heterocycles. The van der Waals surface area contributed by atoms with Crippen LogP contribution in [0.15, 0.2) is 36.7 Å². The predicted octanol–water partition coefficient (Wildman–Crippen LogP) is 1.63. The van der Waals surface area contributed by atoms with Crippen LogP contribution in [0.3, 0.4) is 0 Å². The molecule has 0 aliphatic carbocycles. The van der Waals surface area contributed by atoms with Crippen molar-refractivity contribution in [3.8, 4) is 0 Å². The fourth-order valence-corrected chi connectivity index (χ4v) is 3.03. The number of carbonyl (C=O) groups is 1. The van der Waals surface area contributed by atoms with Crippen LogP contribution in [0, 0.1) is 0 Å². The molecule has 126 valence electrons. The number of benzene rings is 1. The summed E-state index contributed by atoms with van der Waals surface area (Å²) in [6.45, 7) is 6.67. The molecule has 6 nitrogen and oxygen atoms in total. The maximum Gasteiger partial charge on any atom is 0.273 e. The number of anilines is 1. The monoisotopic (exact) mass is 325 g/mol. The Balaban J connectivity index is 1.64. The zero-order valence-electron chi connectivity index (χ0n) is 14.1. The van der Waals surface area contributed by atoms with Crippen LogP contribution in [0.4, 0.5) is 5.82 Å². The molecule has 2 heterocycles. The Hall–Kier alpha value is -2.47. The molecule has 0 fully saturated rings. The quantitative estimate of drug-likeness (QED) is 0.892. The molecular weight excluding hydrogens is 302 g/mol. The van der Waals surface area contributed by atoms with Gasteiger partial charge in [-0.25, -0.2) is 9.97 Å². The van der Waals surface area contributed by atoms with Crippen molar-refractivity contribution < 1.29 is 4.79 Å². The van der Waals surface area contributed by atoms with E-state index >= 15 is 0 Å². The van der Waals surface area contributed by atoms with Crippen molar-refractivity contribution in [1.82, 2.24) is 20.2 Å². The Morgan fingerprint density at radius 1 is 1.25 bits per heavy atom. The van der Waals surface area contributed by atoms with E-state index in [0.29, 0.717) is 6.54 Å². The Morgan fingerprint density at radius 3 is 2.71 bits per heavy atom. The van der Waals surface area contributed by atoms with Gasteiger partial charge in [-0.3, -0.25) is 9.69 Å². The first-order chi connectivity index (χ1) is 11.5. The number of amides is 1. The predicted molar refractivity (Wildman–Crippen MR) is 93.4 cm³/mol. The number of fused-ring (bicyclic) bond motifs is 1. The SMILES string of the molecule is CC(C)(CNC(=O)c1nccnc1N)N1CCc2ccccc2C1. The lowest BCUT2D eigenvalue weighted by molar-refractivity contribution is 0.0823. The molecular formula is C18H23N5O. The Morgan fingerprint density at radius 2 is 1.96 bits per heavy atom. The highest BCUT2D eigenvalue weighted by Gasteiger charge is 2.30. The minimum absolute atomic E-state index is 0.153. The van der Waals surface area contributed by atoms with Crippen LogP contribution in [0.25, 0.3) is 0 Å². The van der Waals surface area contributed by atoms with Crippen LogP contribution < -0.4 is 11.1 Å². The van der Waals surface area contributed by atoms with E-state index in [4.69, 9.17) is 5.73 Å². The van der Waals surface area contributed by atoms with Crippen molar-refractivity contribution in [1.29, 1.82) is 0 Å². The first kappa shape index (κ1) is 16.4. The van der Waals surface area contributed by atoms with Crippen molar-refractivity contribution in [3.63, 3.8) is 0 Å². The van der Waals surface area contributed by atoms with Crippen molar-refractivity contribution in [3.05, 3.63) is 53.5 Å². The zero-order chi connectivity index (χ0) is 17.2. The highest BCUT2D eigenvalue weighted by molar-refractivity contribution is 5.96. The number of aromatic nitrogens is 2. The second-order valence-corrected chi connectivity index (χ2v) is 6.73. The van der Waals surface area contributed by atoms with Gasteiger partial charge in [0.2, 0.25) is 0 Å². The Labute approximate surface area is 142 Å². The Kier molecular flexibility index (Phi) is 4.49. The summed E-state index contributed by atoms with van der Waals surface area (Å²) < 4.78 is 0. The summed E-state index contributed by atoms with van der Waals surface area (Å²) in [6, 6.07) is 8.54. The van der Waals surface area contributed by atoms with Crippen LogP contribution >= 0.6 is 0 Å². The van der Waals surface area contributed by atoms with Gasteiger partial charge in [0.05, 0.1) is 0 Å². The maximum atomic E-state index is 12.3. The molecule has 0 radical (unpaired) electrons. The van der Waals surface area contributed by atoms with E-state index in [1.54, 1.807) is 0 Å². The molecule has 3 N–H and O–H groups in total. The summed E-state index contributed by atoms with van der Waals surface area (Å²) in [4.78, 5) is 22.6. The van der Waals surface area contributed by atoms with Crippen molar-refractivity contribution in [2.24, 2.45) is 0 Å². The van der Waals surface area contributed by atoms with Gasteiger partial charge in [0.15, 0.2) is 11.5 Å². The number of nitrogens with zero attached hydrogens (tertiary/aromatic N) is 3. The molecule has 24 heavy (non-hydrogen) atoms. The van der Waals surface area contributed by atoms with E-state index in [9.17, 15) is 4.79 Å². The molecule has 0 spiro atoms. The number of nitrogens with two attached hydrogens (primary N) is 1. The number of rotatable bonds is 4. The summed E-state index contributed by atoms with van der Waals surface area (Å²) in [5.74, 6) is -0.134. The van der Waals surface area contributed by atoms with Gasteiger partial charge in [-0.1, -0.05) is 24.3 Å². The molecule has 3 rings (SSSR count). The van der Waals surface area contributed by atoms with Gasteiger partial charge in [-0.15, -0.1) is 0 Å². The second kappa shape index (κ2) is 6.57. The molecule has 2 aromatic rings. The van der Waals surface area contributed by atoms with Gasteiger partial charge in [0, 0.05) is 37.6 Å². The van der Waals surface area contributed by atoms with Crippen molar-refractivity contribution >= 4 is 11.7 Å². The topological polar surface area (TPSA) is 84.1 Å². The van der Waals surface area contributed by atoms with Gasteiger partial charge in [0.25, 0.3) is 5.91 Å². The average molecular weight is 325 g/mol. The van der Waals surface area contributed by atoms with Gasteiger partial charge in [-0.05, 0) is 31.4 Å². The minimum Gasteiger partial charge on any atom is -0.382 e. The van der Waals surface area contributed by atoms with Crippen molar-refractivity contribution in [2.75, 3.05) is 18.8 Å². The molecule has 0 unspecified atom stereocenters. The second-order valence-electron chi connectivity index (χ2n) is 6.73. The van der Waals surface area contributed by atoms with Crippen LogP contribution in [0.1, 0.15) is 35.5 Å². The first-order valence-corrected chi connectivity index (χ1v) is 8.14. The third kappa shape index (κ3) is 3.38. The molecule has 1 aromatic heterocycles. The largest absolute Gasteiger partial charge is 0.382 e. The Bertz CT molecular complexity index is 744. The molecule has 0 saturated heterocycles. The van der Waals surface area contributed by atoms with Crippen LogP contribution in [0.5, 0.6) is 0 Å². The fraction of sp³-hybridized carbons (Fsp3) is 0.389. The first-order valence-electron chi connectivity index (χ1n) is 8.14. The lowest BCUT2D eigenvalue weighted by Crippen LogP contribution is -2.53. The lowest BCUT2D eigenvalue weighted by Gasteiger charge is -2.41. The number of carbonyl (C=O) groups excluding carboxylic acids is 1. The summed E-state index contributed by atoms with van der Waals surface area (Å²) in [5.41, 5.74) is 8.50. The molecule has 0 atom stereocenters. The van der Waals surface area contributed by atoms with Crippen LogP contribution in [0.2, 0.25) is 0 Å². The lowest BCUT2D eigenvalue weighted by atomic mass is 9.94. The molecule has 1 amide bonds. The highest BCUT2D eigenvalue weighted by atomic mass is 16.1. The minimum atomic E-state index is -0.286. The van der Waals surface area contributed by atoms with E-state index in [0.717, 1.165) is 19.5 Å². The third-order valence-electron chi connectivity index (χ3n) is 4.61. The number of hydrogen-bond acceptors (Lipinski definition) is 5. The van der Waals surface area contributed by atoms with E-state index in [2.05, 4.69) is 58.3 Å². The molecule has 0 saturated carbocycles. The van der Waals surface area contributed by atoms with Crippen LogP contribution in [-0.4, -0.2) is 39.4 Å². The number of nitrogens with one attached hydrogen (secondary N) is 1. The third-order valence-corrected chi connectivity index (χ3v) is 4.61. The van der Waals surface area contributed by atoms with E-state index in [1.807, 2.05) is 0 Å². The normalized spacial score (nSPS) is 14.9. The molecule has 1 aromatic carbocycles. The maximum absolute atomic E-state index is 12.3. The molecule has 0 bridgehead atoms. The summed E-state index contributed by atoms with van der Waals surface area (Å²) in [5, 5.41) is 2.94. The van der Waals surface area contributed by atoms with E-state index in [1.165, 1.54) is 23.5 Å². The van der Waals surface area contributed by atoms with Gasteiger partial charge < -0.3 is 11.1 Å². The highest BCUT2D eigenvalue weighted by Crippen LogP contribution is 2.25. The summed E-state index contributed by atoms with van der Waals surface area (Å²) in [6.07, 6.45) is 3.98. The zero-order valence-corrected chi connectivity index (χ0v) is 14.1. The number of nitrogen functional groups attached to an aromatic ring is 1. The van der Waals surface area contributed by atoms with E-state index in [-0.39, 0.29) is 23.0 Å². The smallest absolute Gasteiger partial charge is 0.273 e. The van der Waals surface area contributed by atoms with Gasteiger partial charge in [-0.2, -0.15) is 0 Å². The molecule has 6 heteroatoms. The van der Waals surface area contributed by atoms with Crippen molar-refractivity contribution in [2.45, 2.75) is 32.4 Å². The van der Waals surface area contributed by atoms with Crippen LogP contribution in [-0.2, 0) is 13.0 Å². The van der Waals surface area contributed by atoms with E-state index < -0.39 is 0 Å². The number of hydrogen-bond donors (Lipinski definition) is 2. The summed E-state index contributed by atoms with van der Waals surface area (Å²) in [7, 11) is 0. The molecule has 1 aliphatic rings. The van der Waals surface area contributed by atoms with Gasteiger partial charge in [0.1, 0.15) is 0 Å². The average Bonchev–Trinajstić information content (AvgIpc) is 2.60. The van der Waals surface area contributed by atoms with Gasteiger partial charge >= 0.3 is 0 Å². The fourth-order valence-electron chi connectivity index (χ4n) is 3.03. The standard InChI is InChI=1S/C18H23N5O/c1-18(2,12-22-17(24)15-16(19)21-9-8-20-15)23-10-7-13-5-3-4-6-14(13)11-23/h3-6,8-9H,7,10-12H2,1-2H3,(H2,19,21)(H,22,24).